The number of hydrazine groups is 1. The van der Waals surface area contributed by atoms with Crippen LogP contribution in [0, 0.1) is 0 Å². The van der Waals surface area contributed by atoms with Gasteiger partial charge in [-0.3, -0.25) is 10.6 Å². The number of alkyl halides is 5. The van der Waals surface area contributed by atoms with Crippen molar-refractivity contribution < 1.29 is 26.7 Å². The average Bonchev–Trinajstić information content (AvgIpc) is 2.17. The fraction of sp³-hybridized carbons (Fsp3) is 0.875. The number of hydrogen-bond donors (Lipinski definition) is 2. The highest BCUT2D eigenvalue weighted by atomic mass is 19.4. The minimum atomic E-state index is -4.58. The van der Waals surface area contributed by atoms with Gasteiger partial charge >= 0.3 is 6.18 Å². The Morgan fingerprint density at radius 3 is 2.59 bits per heavy atom. The molecular formula is C8H12F5N3O. The van der Waals surface area contributed by atoms with Crippen molar-refractivity contribution in [3.05, 3.63) is 0 Å². The van der Waals surface area contributed by atoms with E-state index in [1.165, 1.54) is 0 Å². The standard InChI is InChI=1S/C8H12F5N3O/c9-7(10)1-2-16(14)5(3-7)6(17)15-4-8(11,12)13/h5H,1-4,14H2,(H,15,17). The molecule has 0 aromatic carbocycles. The zero-order valence-electron chi connectivity index (χ0n) is 8.73. The molecule has 17 heavy (non-hydrogen) atoms. The van der Waals surface area contributed by atoms with Gasteiger partial charge in [-0.05, 0) is 0 Å². The molecule has 1 fully saturated rings. The molecule has 1 atom stereocenters. The van der Waals surface area contributed by atoms with Gasteiger partial charge in [0.05, 0.1) is 0 Å². The number of rotatable bonds is 2. The molecule has 1 heterocycles. The summed E-state index contributed by atoms with van der Waals surface area (Å²) in [6.45, 7) is -1.79. The van der Waals surface area contributed by atoms with E-state index in [-0.39, 0.29) is 6.54 Å². The number of nitrogens with one attached hydrogen (secondary N) is 1. The summed E-state index contributed by atoms with van der Waals surface area (Å²) in [7, 11) is 0. The number of halogens is 5. The first-order valence-electron chi connectivity index (χ1n) is 4.84. The average molecular weight is 261 g/mol. The maximum absolute atomic E-state index is 13.0. The second-order valence-electron chi connectivity index (χ2n) is 3.90. The van der Waals surface area contributed by atoms with Gasteiger partial charge in [0.2, 0.25) is 5.91 Å². The Labute approximate surface area is 93.9 Å². The third kappa shape index (κ3) is 4.43. The van der Waals surface area contributed by atoms with Gasteiger partial charge in [0.15, 0.2) is 0 Å². The molecule has 0 aromatic rings. The van der Waals surface area contributed by atoms with Crippen molar-refractivity contribution in [2.75, 3.05) is 13.1 Å². The lowest BCUT2D eigenvalue weighted by Crippen LogP contribution is -2.57. The van der Waals surface area contributed by atoms with Crippen molar-refractivity contribution in [1.29, 1.82) is 0 Å². The summed E-state index contributed by atoms with van der Waals surface area (Å²) in [6, 6.07) is -1.43. The predicted octanol–water partition coefficient (Wildman–Crippen LogP) is 0.638. The summed E-state index contributed by atoms with van der Waals surface area (Å²) in [4.78, 5) is 11.3. The quantitative estimate of drug-likeness (QED) is 0.566. The second-order valence-corrected chi connectivity index (χ2v) is 3.90. The first-order chi connectivity index (χ1) is 7.61. The lowest BCUT2D eigenvalue weighted by atomic mass is 9.99. The van der Waals surface area contributed by atoms with Crippen molar-refractivity contribution in [3.8, 4) is 0 Å². The molecule has 0 radical (unpaired) electrons. The number of hydrogen-bond acceptors (Lipinski definition) is 3. The fourth-order valence-corrected chi connectivity index (χ4v) is 1.50. The smallest absolute Gasteiger partial charge is 0.346 e. The summed E-state index contributed by atoms with van der Waals surface area (Å²) in [6.07, 6.45) is -5.95. The van der Waals surface area contributed by atoms with Crippen LogP contribution < -0.4 is 11.2 Å². The zero-order valence-corrected chi connectivity index (χ0v) is 8.73. The Bertz CT molecular complexity index is 293. The lowest BCUT2D eigenvalue weighted by Gasteiger charge is -2.35. The van der Waals surface area contributed by atoms with E-state index in [4.69, 9.17) is 5.84 Å². The Hall–Kier alpha value is -0.960. The minimum absolute atomic E-state index is 0.239. The summed E-state index contributed by atoms with van der Waals surface area (Å²) in [5.41, 5.74) is 0. The molecule has 0 saturated carbocycles. The summed E-state index contributed by atoms with van der Waals surface area (Å²) < 4.78 is 61.4. The molecule has 3 N–H and O–H groups in total. The van der Waals surface area contributed by atoms with Crippen molar-refractivity contribution in [2.24, 2.45) is 5.84 Å². The van der Waals surface area contributed by atoms with E-state index >= 15 is 0 Å². The normalized spacial score (nSPS) is 25.6. The van der Waals surface area contributed by atoms with Crippen LogP contribution in [0.15, 0.2) is 0 Å². The van der Waals surface area contributed by atoms with Gasteiger partial charge in [-0.25, -0.2) is 13.8 Å². The molecule has 9 heteroatoms. The van der Waals surface area contributed by atoms with Gasteiger partial charge in [0.1, 0.15) is 12.6 Å². The number of nitrogens with zero attached hydrogens (tertiary/aromatic N) is 1. The molecule has 1 aliphatic rings. The lowest BCUT2D eigenvalue weighted by molar-refractivity contribution is -0.148. The van der Waals surface area contributed by atoms with Crippen LogP contribution in [-0.2, 0) is 4.79 Å². The first-order valence-corrected chi connectivity index (χ1v) is 4.84. The van der Waals surface area contributed by atoms with Crippen LogP contribution >= 0.6 is 0 Å². The molecule has 0 bridgehead atoms. The van der Waals surface area contributed by atoms with Crippen LogP contribution in [-0.4, -0.2) is 42.1 Å². The molecule has 0 spiro atoms. The Balaban J connectivity index is 2.55. The van der Waals surface area contributed by atoms with Crippen LogP contribution in [0.3, 0.4) is 0 Å². The second kappa shape index (κ2) is 4.73. The van der Waals surface area contributed by atoms with E-state index in [0.717, 1.165) is 5.01 Å². The molecule has 1 rings (SSSR count). The minimum Gasteiger partial charge on any atom is -0.346 e. The molecule has 4 nitrogen and oxygen atoms in total. The van der Waals surface area contributed by atoms with Crippen molar-refractivity contribution in [3.63, 3.8) is 0 Å². The zero-order chi connectivity index (χ0) is 13.3. The highest BCUT2D eigenvalue weighted by molar-refractivity contribution is 5.81. The largest absolute Gasteiger partial charge is 0.405 e. The van der Waals surface area contributed by atoms with Gasteiger partial charge in [0.25, 0.3) is 5.92 Å². The SMILES string of the molecule is NN1CCC(F)(F)CC1C(=O)NCC(F)(F)F. The van der Waals surface area contributed by atoms with Crippen LogP contribution in [0.5, 0.6) is 0 Å². The van der Waals surface area contributed by atoms with Crippen LogP contribution in [0.4, 0.5) is 22.0 Å². The first kappa shape index (κ1) is 14.1. The van der Waals surface area contributed by atoms with E-state index in [1.54, 1.807) is 5.32 Å². The molecular weight excluding hydrogens is 249 g/mol. The monoisotopic (exact) mass is 261 g/mol. The number of nitrogens with two attached hydrogens (primary N) is 1. The fourth-order valence-electron chi connectivity index (χ4n) is 1.50. The number of amides is 1. The van der Waals surface area contributed by atoms with E-state index in [9.17, 15) is 26.7 Å². The molecule has 1 unspecified atom stereocenters. The third-order valence-corrected chi connectivity index (χ3v) is 2.39. The van der Waals surface area contributed by atoms with Gasteiger partial charge in [-0.2, -0.15) is 13.2 Å². The van der Waals surface area contributed by atoms with Gasteiger partial charge < -0.3 is 5.32 Å². The van der Waals surface area contributed by atoms with Crippen molar-refractivity contribution in [1.82, 2.24) is 10.3 Å². The van der Waals surface area contributed by atoms with E-state index < -0.39 is 43.4 Å². The van der Waals surface area contributed by atoms with E-state index in [1.807, 2.05) is 0 Å². The Morgan fingerprint density at radius 2 is 2.06 bits per heavy atom. The highest BCUT2D eigenvalue weighted by Gasteiger charge is 2.43. The van der Waals surface area contributed by atoms with Crippen molar-refractivity contribution in [2.45, 2.75) is 31.0 Å². The Kier molecular flexibility index (Phi) is 3.92. The van der Waals surface area contributed by atoms with Gasteiger partial charge in [-0.15, -0.1) is 0 Å². The molecule has 0 aliphatic carbocycles. The molecule has 1 saturated heterocycles. The van der Waals surface area contributed by atoms with E-state index in [0.29, 0.717) is 0 Å². The maximum Gasteiger partial charge on any atom is 0.405 e. The molecule has 0 aromatic heterocycles. The summed E-state index contributed by atoms with van der Waals surface area (Å²) >= 11 is 0. The third-order valence-electron chi connectivity index (χ3n) is 2.39. The molecule has 1 aliphatic heterocycles. The molecule has 1 amide bonds. The van der Waals surface area contributed by atoms with Crippen LogP contribution in [0.2, 0.25) is 0 Å². The Morgan fingerprint density at radius 1 is 1.47 bits per heavy atom. The number of carbonyl (C=O) groups excluding carboxylic acids is 1. The summed E-state index contributed by atoms with van der Waals surface area (Å²) in [5.74, 6) is 1.09. The number of piperidine rings is 1. The maximum atomic E-state index is 13.0. The topological polar surface area (TPSA) is 58.4 Å². The van der Waals surface area contributed by atoms with Crippen LogP contribution in [0.1, 0.15) is 12.8 Å². The van der Waals surface area contributed by atoms with E-state index in [2.05, 4.69) is 0 Å². The van der Waals surface area contributed by atoms with Crippen LogP contribution in [0.25, 0.3) is 0 Å². The van der Waals surface area contributed by atoms with Gasteiger partial charge in [-0.1, -0.05) is 0 Å². The molecule has 100 valence electrons. The van der Waals surface area contributed by atoms with Crippen molar-refractivity contribution >= 4 is 5.91 Å². The highest BCUT2D eigenvalue weighted by Crippen LogP contribution is 2.30. The summed E-state index contributed by atoms with van der Waals surface area (Å²) in [5, 5.41) is 2.38. The number of carbonyl (C=O) groups is 1. The predicted molar refractivity (Wildman–Crippen MR) is 47.9 cm³/mol. The van der Waals surface area contributed by atoms with Gasteiger partial charge in [0, 0.05) is 19.4 Å².